The van der Waals surface area contributed by atoms with Crippen LogP contribution in [0.1, 0.15) is 52.9 Å². The molecule has 2 rings (SSSR count). The number of rotatable bonds is 2. The number of nitrogens with zero attached hydrogens (tertiary/aromatic N) is 1. The second-order valence-electron chi connectivity index (χ2n) is 7.83. The average molecular weight is 282 g/mol. The highest BCUT2D eigenvalue weighted by Crippen LogP contribution is 2.40. The molecule has 2 heterocycles. The fraction of sp³-hybridized carbons (Fsp3) is 0.938. The summed E-state index contributed by atoms with van der Waals surface area (Å²) in [5.41, 5.74) is 6.05. The van der Waals surface area contributed by atoms with Gasteiger partial charge in [0.05, 0.1) is 12.7 Å². The molecule has 0 aromatic carbocycles. The molecule has 20 heavy (non-hydrogen) atoms. The fourth-order valence-corrected chi connectivity index (χ4v) is 3.29. The molecule has 0 bridgehead atoms. The Balaban J connectivity index is 1.82. The first kappa shape index (κ1) is 15.8. The molecule has 0 saturated carbocycles. The Bertz CT molecular complexity index is 331. The Labute approximate surface area is 123 Å². The van der Waals surface area contributed by atoms with Crippen LogP contribution in [0.15, 0.2) is 0 Å². The Morgan fingerprint density at radius 2 is 1.95 bits per heavy atom. The Kier molecular flexibility index (Phi) is 4.75. The summed E-state index contributed by atoms with van der Waals surface area (Å²) in [4.78, 5) is 14.3. The minimum atomic E-state index is 0.0779. The second kappa shape index (κ2) is 6.02. The van der Waals surface area contributed by atoms with E-state index in [4.69, 9.17) is 10.5 Å². The highest BCUT2D eigenvalue weighted by molar-refractivity contribution is 5.76. The third-order valence-corrected chi connectivity index (χ3v) is 4.74. The summed E-state index contributed by atoms with van der Waals surface area (Å²) in [5, 5.41) is 0. The van der Waals surface area contributed by atoms with Crippen LogP contribution in [0.4, 0.5) is 0 Å². The van der Waals surface area contributed by atoms with Gasteiger partial charge >= 0.3 is 0 Å². The molecule has 0 aromatic heterocycles. The van der Waals surface area contributed by atoms with Crippen molar-refractivity contribution in [2.24, 2.45) is 16.6 Å². The third-order valence-electron chi connectivity index (χ3n) is 4.74. The molecule has 0 unspecified atom stereocenters. The molecule has 116 valence electrons. The maximum absolute atomic E-state index is 12.3. The Morgan fingerprint density at radius 1 is 1.30 bits per heavy atom. The van der Waals surface area contributed by atoms with E-state index >= 15 is 0 Å². The number of carbonyl (C=O) groups is 1. The lowest BCUT2D eigenvalue weighted by Crippen LogP contribution is -2.48. The van der Waals surface area contributed by atoms with Gasteiger partial charge in [0.2, 0.25) is 5.91 Å². The van der Waals surface area contributed by atoms with E-state index in [1.54, 1.807) is 0 Å². The lowest BCUT2D eigenvalue weighted by atomic mass is 9.73. The van der Waals surface area contributed by atoms with Crippen LogP contribution in [0.2, 0.25) is 0 Å². The molecule has 2 aliphatic rings. The zero-order valence-corrected chi connectivity index (χ0v) is 13.3. The van der Waals surface area contributed by atoms with Gasteiger partial charge in [0.1, 0.15) is 0 Å². The number of carbonyl (C=O) groups excluding carboxylic acids is 1. The van der Waals surface area contributed by atoms with Crippen molar-refractivity contribution in [1.82, 2.24) is 4.90 Å². The van der Waals surface area contributed by atoms with E-state index in [0.29, 0.717) is 24.3 Å². The molecule has 1 atom stereocenters. The maximum atomic E-state index is 12.3. The van der Waals surface area contributed by atoms with Crippen LogP contribution in [-0.2, 0) is 9.53 Å². The van der Waals surface area contributed by atoms with Gasteiger partial charge in [-0.25, -0.2) is 0 Å². The predicted octanol–water partition coefficient (Wildman–Crippen LogP) is 2.17. The monoisotopic (exact) mass is 282 g/mol. The first-order valence-corrected chi connectivity index (χ1v) is 7.93. The van der Waals surface area contributed by atoms with Crippen LogP contribution in [0.3, 0.4) is 0 Å². The minimum Gasteiger partial charge on any atom is -0.376 e. The number of ether oxygens (including phenoxy) is 1. The second-order valence-corrected chi connectivity index (χ2v) is 7.83. The number of amides is 1. The molecule has 2 fully saturated rings. The summed E-state index contributed by atoms with van der Waals surface area (Å²) in [6, 6.07) is 0. The number of hydrogen-bond donors (Lipinski definition) is 1. The first-order chi connectivity index (χ1) is 9.34. The molecule has 1 spiro atoms. The topological polar surface area (TPSA) is 55.6 Å². The van der Waals surface area contributed by atoms with Gasteiger partial charge in [0.25, 0.3) is 0 Å². The van der Waals surface area contributed by atoms with Gasteiger partial charge in [-0.15, -0.1) is 0 Å². The van der Waals surface area contributed by atoms with Crippen LogP contribution in [-0.4, -0.2) is 43.2 Å². The molecule has 4 heteroatoms. The quantitative estimate of drug-likeness (QED) is 0.844. The molecule has 0 aliphatic carbocycles. The van der Waals surface area contributed by atoms with Crippen molar-refractivity contribution in [3.05, 3.63) is 0 Å². The smallest absolute Gasteiger partial charge is 0.223 e. The van der Waals surface area contributed by atoms with Crippen molar-refractivity contribution < 1.29 is 9.53 Å². The number of likely N-dealkylation sites (tertiary alicyclic amines) is 1. The zero-order valence-electron chi connectivity index (χ0n) is 13.3. The summed E-state index contributed by atoms with van der Waals surface area (Å²) in [5.74, 6) is 0.309. The molecule has 1 amide bonds. The zero-order chi connectivity index (χ0) is 14.8. The van der Waals surface area contributed by atoms with Gasteiger partial charge in [-0.1, -0.05) is 20.8 Å². The van der Waals surface area contributed by atoms with Crippen LogP contribution >= 0.6 is 0 Å². The summed E-state index contributed by atoms with van der Waals surface area (Å²) in [7, 11) is 0. The summed E-state index contributed by atoms with van der Waals surface area (Å²) in [6.45, 7) is 9.62. The first-order valence-electron chi connectivity index (χ1n) is 7.93. The Morgan fingerprint density at radius 3 is 2.40 bits per heavy atom. The van der Waals surface area contributed by atoms with Crippen molar-refractivity contribution in [1.29, 1.82) is 0 Å². The van der Waals surface area contributed by atoms with Crippen molar-refractivity contribution in [3.8, 4) is 0 Å². The van der Waals surface area contributed by atoms with E-state index in [0.717, 1.165) is 39.0 Å². The lowest BCUT2D eigenvalue weighted by molar-refractivity contribution is -0.138. The fourth-order valence-electron chi connectivity index (χ4n) is 3.29. The molecule has 0 radical (unpaired) electrons. The van der Waals surface area contributed by atoms with Gasteiger partial charge in [0, 0.05) is 26.1 Å². The number of piperidine rings is 1. The van der Waals surface area contributed by atoms with Crippen molar-refractivity contribution in [2.45, 2.75) is 59.0 Å². The normalized spacial score (nSPS) is 26.8. The minimum absolute atomic E-state index is 0.0779. The van der Waals surface area contributed by atoms with Crippen molar-refractivity contribution in [2.75, 3.05) is 26.2 Å². The van der Waals surface area contributed by atoms with Gasteiger partial charge in [-0.3, -0.25) is 4.79 Å². The van der Waals surface area contributed by atoms with E-state index in [1.807, 2.05) is 4.90 Å². The maximum Gasteiger partial charge on any atom is 0.223 e. The van der Waals surface area contributed by atoms with Gasteiger partial charge in [-0.05, 0) is 36.5 Å². The van der Waals surface area contributed by atoms with Crippen molar-refractivity contribution in [3.63, 3.8) is 0 Å². The van der Waals surface area contributed by atoms with E-state index in [2.05, 4.69) is 20.8 Å². The highest BCUT2D eigenvalue weighted by atomic mass is 16.5. The molecule has 2 saturated heterocycles. The van der Waals surface area contributed by atoms with Crippen LogP contribution in [0.5, 0.6) is 0 Å². The van der Waals surface area contributed by atoms with Gasteiger partial charge in [-0.2, -0.15) is 0 Å². The van der Waals surface area contributed by atoms with Crippen molar-refractivity contribution >= 4 is 5.91 Å². The predicted molar refractivity (Wildman–Crippen MR) is 80.3 cm³/mol. The third kappa shape index (κ3) is 3.95. The molecule has 0 aromatic rings. The van der Waals surface area contributed by atoms with Crippen LogP contribution in [0.25, 0.3) is 0 Å². The van der Waals surface area contributed by atoms with Crippen LogP contribution in [0, 0.1) is 10.8 Å². The lowest BCUT2D eigenvalue weighted by Gasteiger charge is -2.45. The number of hydrogen-bond acceptors (Lipinski definition) is 3. The van der Waals surface area contributed by atoms with Gasteiger partial charge in [0.15, 0.2) is 0 Å². The average Bonchev–Trinajstić information content (AvgIpc) is 2.38. The molecule has 2 N–H and O–H groups in total. The molecule has 4 nitrogen and oxygen atoms in total. The number of nitrogens with two attached hydrogens (primary N) is 1. The van der Waals surface area contributed by atoms with E-state index < -0.39 is 0 Å². The molecular weight excluding hydrogens is 252 g/mol. The largest absolute Gasteiger partial charge is 0.376 e. The summed E-state index contributed by atoms with van der Waals surface area (Å²) in [6.07, 6.45) is 5.34. The van der Waals surface area contributed by atoms with Gasteiger partial charge < -0.3 is 15.4 Å². The summed E-state index contributed by atoms with van der Waals surface area (Å²) >= 11 is 0. The van der Waals surface area contributed by atoms with E-state index in [-0.39, 0.29) is 11.5 Å². The summed E-state index contributed by atoms with van der Waals surface area (Å²) < 4.78 is 5.87. The molecular formula is C16H30N2O2. The molecule has 2 aliphatic heterocycles. The highest BCUT2D eigenvalue weighted by Gasteiger charge is 2.39. The Hall–Kier alpha value is -0.610. The van der Waals surface area contributed by atoms with E-state index in [1.165, 1.54) is 6.42 Å². The van der Waals surface area contributed by atoms with Crippen LogP contribution < -0.4 is 5.73 Å². The standard InChI is InChI=1S/C16H30N2O2/c1-15(2,3)10-14(19)18-8-6-16(7-9-18)5-4-13(11-17)20-12-16/h13H,4-12,17H2,1-3H3/t13-/m1/s1. The SMILES string of the molecule is CC(C)(C)CC(=O)N1CCC2(CC[C@H](CN)OC2)CC1. The van der Waals surface area contributed by atoms with E-state index in [9.17, 15) is 4.79 Å².